The van der Waals surface area contributed by atoms with E-state index < -0.39 is 12.6 Å². The number of allylic oxidation sites excluding steroid dienone is 1. The molecule has 0 aromatic heterocycles. The summed E-state index contributed by atoms with van der Waals surface area (Å²) in [7, 11) is 3.08. The molecule has 0 radical (unpaired) electrons. The van der Waals surface area contributed by atoms with E-state index in [1.54, 1.807) is 13.2 Å². The lowest BCUT2D eigenvalue weighted by atomic mass is 9.85. The predicted molar refractivity (Wildman–Crippen MR) is 87.6 cm³/mol. The normalized spacial score (nSPS) is 25.8. The third kappa shape index (κ3) is 4.14. The minimum absolute atomic E-state index is 0.0723. The van der Waals surface area contributed by atoms with E-state index in [1.165, 1.54) is 19.2 Å². The van der Waals surface area contributed by atoms with E-state index in [4.69, 9.17) is 14.2 Å². The van der Waals surface area contributed by atoms with Crippen molar-refractivity contribution >= 4 is 5.78 Å². The van der Waals surface area contributed by atoms with E-state index in [2.05, 4.69) is 0 Å². The first-order valence-electron chi connectivity index (χ1n) is 7.90. The molecule has 0 bridgehead atoms. The molecule has 0 unspecified atom stereocenters. The van der Waals surface area contributed by atoms with E-state index in [0.29, 0.717) is 19.3 Å². The Kier molecular flexibility index (Phi) is 6.36. The van der Waals surface area contributed by atoms with E-state index in [-0.39, 0.29) is 23.2 Å². The number of carbonyl (C=O) groups is 1. The van der Waals surface area contributed by atoms with Crippen molar-refractivity contribution in [2.24, 2.45) is 5.92 Å². The highest BCUT2D eigenvalue weighted by molar-refractivity contribution is 5.84. The van der Waals surface area contributed by atoms with Crippen molar-refractivity contribution in [2.75, 3.05) is 14.2 Å². The van der Waals surface area contributed by atoms with Gasteiger partial charge in [0.05, 0.1) is 0 Å². The molecule has 1 aliphatic heterocycles. The monoisotopic (exact) mass is 336 g/mol. The van der Waals surface area contributed by atoms with Crippen molar-refractivity contribution in [2.45, 2.75) is 38.8 Å². The summed E-state index contributed by atoms with van der Waals surface area (Å²) in [5.41, 5.74) is 1.60. The molecule has 0 saturated carbocycles. The molecule has 1 heterocycles. The van der Waals surface area contributed by atoms with Crippen LogP contribution in [0.3, 0.4) is 0 Å². The SMILES string of the molecule is C/C=C1\[C@H](OC)O[C@H](OC)C[C@H]1C(=O)CCc1ccc(O)c(O)c1. The van der Waals surface area contributed by atoms with Gasteiger partial charge >= 0.3 is 0 Å². The summed E-state index contributed by atoms with van der Waals surface area (Å²) < 4.78 is 16.2. The quantitative estimate of drug-likeness (QED) is 0.613. The Balaban J connectivity index is 2.06. The van der Waals surface area contributed by atoms with Gasteiger partial charge < -0.3 is 24.4 Å². The molecule has 6 heteroatoms. The van der Waals surface area contributed by atoms with E-state index in [1.807, 2.05) is 13.0 Å². The van der Waals surface area contributed by atoms with Crippen molar-refractivity contribution < 1.29 is 29.2 Å². The molecule has 0 spiro atoms. The smallest absolute Gasteiger partial charge is 0.183 e. The number of ether oxygens (including phenoxy) is 3. The number of carbonyl (C=O) groups excluding carboxylic acids is 1. The highest BCUT2D eigenvalue weighted by Crippen LogP contribution is 2.33. The van der Waals surface area contributed by atoms with Crippen molar-refractivity contribution in [3.8, 4) is 11.5 Å². The van der Waals surface area contributed by atoms with Gasteiger partial charge in [0, 0.05) is 33.0 Å². The van der Waals surface area contributed by atoms with Crippen LogP contribution < -0.4 is 0 Å². The summed E-state index contributed by atoms with van der Waals surface area (Å²) >= 11 is 0. The molecule has 0 aliphatic carbocycles. The lowest BCUT2D eigenvalue weighted by molar-refractivity contribution is -0.237. The average molecular weight is 336 g/mol. The van der Waals surface area contributed by atoms with Gasteiger partial charge in [0.15, 0.2) is 24.1 Å². The van der Waals surface area contributed by atoms with Crippen LogP contribution >= 0.6 is 0 Å². The van der Waals surface area contributed by atoms with Crippen LogP contribution in [-0.2, 0) is 25.4 Å². The maximum Gasteiger partial charge on any atom is 0.183 e. The van der Waals surface area contributed by atoms with Crippen LogP contribution in [0.5, 0.6) is 11.5 Å². The Hall–Kier alpha value is -1.89. The van der Waals surface area contributed by atoms with Crippen LogP contribution in [0.4, 0.5) is 0 Å². The summed E-state index contributed by atoms with van der Waals surface area (Å²) in [6.45, 7) is 1.86. The molecule has 1 saturated heterocycles. The summed E-state index contributed by atoms with van der Waals surface area (Å²) in [4.78, 5) is 12.7. The van der Waals surface area contributed by atoms with Crippen LogP contribution in [0, 0.1) is 5.92 Å². The summed E-state index contributed by atoms with van der Waals surface area (Å²) in [5, 5.41) is 18.9. The fraction of sp³-hybridized carbons (Fsp3) is 0.500. The number of phenols is 2. The predicted octanol–water partition coefficient (Wildman–Crippen LogP) is 2.53. The number of hydrogen-bond acceptors (Lipinski definition) is 6. The first kappa shape index (κ1) is 18.4. The first-order chi connectivity index (χ1) is 11.5. The Morgan fingerprint density at radius 3 is 2.62 bits per heavy atom. The maximum absolute atomic E-state index is 12.7. The standard InChI is InChI=1S/C18H24O6/c1-4-12-13(10-17(22-2)24-18(12)23-3)14(19)7-5-11-6-8-15(20)16(21)9-11/h4,6,8-9,13,17-18,20-21H,5,7,10H2,1-3H3/b12-4-/t13-,17+,18-/m1/s1. The molecule has 3 atom stereocenters. The highest BCUT2D eigenvalue weighted by atomic mass is 16.8. The molecule has 1 fully saturated rings. The fourth-order valence-electron chi connectivity index (χ4n) is 2.93. The van der Waals surface area contributed by atoms with Crippen molar-refractivity contribution in [1.82, 2.24) is 0 Å². The maximum atomic E-state index is 12.7. The van der Waals surface area contributed by atoms with Gasteiger partial charge in [-0.05, 0) is 36.6 Å². The molecule has 1 aromatic rings. The second kappa shape index (κ2) is 8.28. The summed E-state index contributed by atoms with van der Waals surface area (Å²) in [6.07, 6.45) is 2.05. The lowest BCUT2D eigenvalue weighted by Gasteiger charge is -2.35. The van der Waals surface area contributed by atoms with Crippen LogP contribution in [0.25, 0.3) is 0 Å². The summed E-state index contributed by atoms with van der Waals surface area (Å²) in [6, 6.07) is 4.58. The topological polar surface area (TPSA) is 85.2 Å². The number of hydrogen-bond donors (Lipinski definition) is 2. The first-order valence-corrected chi connectivity index (χ1v) is 7.90. The molecule has 6 nitrogen and oxygen atoms in total. The number of Topliss-reactive ketones (excluding diaryl/α,β-unsaturated/α-hetero) is 1. The van der Waals surface area contributed by atoms with Gasteiger partial charge in [-0.15, -0.1) is 0 Å². The second-order valence-electron chi connectivity index (χ2n) is 5.74. The fourth-order valence-corrected chi connectivity index (χ4v) is 2.93. The Morgan fingerprint density at radius 1 is 1.29 bits per heavy atom. The zero-order chi connectivity index (χ0) is 17.7. The van der Waals surface area contributed by atoms with Crippen LogP contribution in [0.1, 0.15) is 25.3 Å². The zero-order valence-electron chi connectivity index (χ0n) is 14.2. The molecule has 2 rings (SSSR count). The van der Waals surface area contributed by atoms with Crippen molar-refractivity contribution in [1.29, 1.82) is 0 Å². The molecule has 1 aliphatic rings. The molecule has 24 heavy (non-hydrogen) atoms. The molecule has 1 aromatic carbocycles. The largest absolute Gasteiger partial charge is 0.504 e. The van der Waals surface area contributed by atoms with Crippen LogP contribution in [-0.4, -0.2) is 42.8 Å². The van der Waals surface area contributed by atoms with Gasteiger partial charge in [0.25, 0.3) is 0 Å². The number of aryl methyl sites for hydroxylation is 1. The molecule has 0 amide bonds. The molecular formula is C18H24O6. The third-order valence-corrected chi connectivity index (χ3v) is 4.28. The second-order valence-corrected chi connectivity index (χ2v) is 5.74. The van der Waals surface area contributed by atoms with E-state index >= 15 is 0 Å². The minimum Gasteiger partial charge on any atom is -0.504 e. The number of ketones is 1. The van der Waals surface area contributed by atoms with Gasteiger partial charge in [-0.3, -0.25) is 4.79 Å². The number of methoxy groups -OCH3 is 2. The Morgan fingerprint density at radius 2 is 2.04 bits per heavy atom. The number of rotatable bonds is 6. The Bertz CT molecular complexity index is 610. The highest BCUT2D eigenvalue weighted by Gasteiger charge is 2.37. The average Bonchev–Trinajstić information content (AvgIpc) is 2.60. The zero-order valence-corrected chi connectivity index (χ0v) is 14.2. The summed E-state index contributed by atoms with van der Waals surface area (Å²) in [5.74, 6) is -0.594. The Labute approximate surface area is 141 Å². The van der Waals surface area contributed by atoms with Crippen molar-refractivity contribution in [3.63, 3.8) is 0 Å². The van der Waals surface area contributed by atoms with Gasteiger partial charge in [-0.1, -0.05) is 12.1 Å². The number of aromatic hydroxyl groups is 2. The number of phenolic OH excluding ortho intramolecular Hbond substituents is 2. The van der Waals surface area contributed by atoms with Gasteiger partial charge in [-0.25, -0.2) is 0 Å². The molecular weight excluding hydrogens is 312 g/mol. The van der Waals surface area contributed by atoms with Crippen LogP contribution in [0.2, 0.25) is 0 Å². The lowest BCUT2D eigenvalue weighted by Crippen LogP contribution is -2.40. The van der Waals surface area contributed by atoms with Crippen molar-refractivity contribution in [3.05, 3.63) is 35.4 Å². The number of benzene rings is 1. The minimum atomic E-state index is -0.583. The molecule has 2 N–H and O–H groups in total. The van der Waals surface area contributed by atoms with Gasteiger partial charge in [0.2, 0.25) is 0 Å². The van der Waals surface area contributed by atoms with E-state index in [9.17, 15) is 15.0 Å². The van der Waals surface area contributed by atoms with Gasteiger partial charge in [-0.2, -0.15) is 0 Å². The van der Waals surface area contributed by atoms with Gasteiger partial charge in [0.1, 0.15) is 5.78 Å². The van der Waals surface area contributed by atoms with Crippen LogP contribution in [0.15, 0.2) is 29.8 Å². The molecule has 132 valence electrons. The third-order valence-electron chi connectivity index (χ3n) is 4.28. The van der Waals surface area contributed by atoms with E-state index in [0.717, 1.165) is 11.1 Å².